The quantitative estimate of drug-likeness (QED) is 0.942. The first-order chi connectivity index (χ1) is 9.08. The molecule has 0 spiro atoms. The summed E-state index contributed by atoms with van der Waals surface area (Å²) in [6.07, 6.45) is 1.25. The highest BCUT2D eigenvalue weighted by atomic mass is 35.5. The van der Waals surface area contributed by atoms with Gasteiger partial charge in [0, 0.05) is 6.20 Å². The number of pyridine rings is 1. The molecule has 0 aliphatic heterocycles. The Hall–Kier alpha value is -1.72. The van der Waals surface area contributed by atoms with Gasteiger partial charge in [-0.2, -0.15) is 0 Å². The molecule has 19 heavy (non-hydrogen) atoms. The molecule has 0 radical (unpaired) electrons. The Balaban J connectivity index is 2.15. The van der Waals surface area contributed by atoms with Crippen molar-refractivity contribution in [2.45, 2.75) is 10.6 Å². The zero-order valence-electron chi connectivity index (χ0n) is 9.75. The molecule has 0 saturated carbocycles. The number of benzene rings is 1. The molecule has 1 atom stereocenters. The molecule has 2 rings (SSSR count). The van der Waals surface area contributed by atoms with Crippen LogP contribution in [-0.4, -0.2) is 20.3 Å². The van der Waals surface area contributed by atoms with Crippen LogP contribution < -0.4 is 0 Å². The molecule has 1 aromatic carbocycles. The predicted octanol–water partition coefficient (Wildman–Crippen LogP) is 2.74. The minimum atomic E-state index is -1.31. The SMILES string of the molecule is O=C(O)c1ccc(CS(=O)c2ccccc2Cl)nc1. The van der Waals surface area contributed by atoms with Crippen LogP contribution in [0.2, 0.25) is 5.02 Å². The van der Waals surface area contributed by atoms with Gasteiger partial charge < -0.3 is 5.11 Å². The number of aromatic nitrogens is 1. The second kappa shape index (κ2) is 5.95. The number of rotatable bonds is 4. The van der Waals surface area contributed by atoms with Gasteiger partial charge in [0.25, 0.3) is 0 Å². The molecular formula is C13H10ClNO3S. The summed E-state index contributed by atoms with van der Waals surface area (Å²) < 4.78 is 12.1. The Morgan fingerprint density at radius 3 is 2.58 bits per heavy atom. The topological polar surface area (TPSA) is 67.3 Å². The predicted molar refractivity (Wildman–Crippen MR) is 72.8 cm³/mol. The van der Waals surface area contributed by atoms with Gasteiger partial charge in [-0.25, -0.2) is 4.79 Å². The summed E-state index contributed by atoms with van der Waals surface area (Å²) in [7, 11) is -1.31. The lowest BCUT2D eigenvalue weighted by Crippen LogP contribution is -2.02. The van der Waals surface area contributed by atoms with Crippen molar-refractivity contribution in [2.75, 3.05) is 0 Å². The maximum absolute atomic E-state index is 12.1. The molecule has 6 heteroatoms. The van der Waals surface area contributed by atoms with E-state index in [2.05, 4.69) is 4.98 Å². The molecule has 2 aromatic rings. The van der Waals surface area contributed by atoms with E-state index in [9.17, 15) is 9.00 Å². The van der Waals surface area contributed by atoms with Crippen LogP contribution in [0.5, 0.6) is 0 Å². The number of hydrogen-bond donors (Lipinski definition) is 1. The van der Waals surface area contributed by atoms with Crippen LogP contribution in [-0.2, 0) is 16.6 Å². The van der Waals surface area contributed by atoms with E-state index < -0.39 is 16.8 Å². The number of aromatic carboxylic acids is 1. The van der Waals surface area contributed by atoms with Crippen LogP contribution in [0.1, 0.15) is 16.1 Å². The van der Waals surface area contributed by atoms with Gasteiger partial charge in [-0.15, -0.1) is 0 Å². The number of carboxylic acid groups (broad SMARTS) is 1. The Bertz CT molecular complexity index is 628. The van der Waals surface area contributed by atoms with Crippen LogP contribution in [0.15, 0.2) is 47.5 Å². The zero-order chi connectivity index (χ0) is 13.8. The van der Waals surface area contributed by atoms with Crippen LogP contribution in [0.4, 0.5) is 0 Å². The van der Waals surface area contributed by atoms with E-state index >= 15 is 0 Å². The van der Waals surface area contributed by atoms with Crippen molar-refractivity contribution in [3.63, 3.8) is 0 Å². The molecule has 0 bridgehead atoms. The smallest absolute Gasteiger partial charge is 0.337 e. The number of carbonyl (C=O) groups is 1. The first kappa shape index (κ1) is 13.7. The standard InChI is InChI=1S/C13H10ClNO3S/c14-11-3-1-2-4-12(11)19(18)8-10-6-5-9(7-15-10)13(16)17/h1-7H,8H2,(H,16,17). The highest BCUT2D eigenvalue weighted by Crippen LogP contribution is 2.20. The van der Waals surface area contributed by atoms with E-state index in [1.807, 2.05) is 0 Å². The Morgan fingerprint density at radius 2 is 2.00 bits per heavy atom. The van der Waals surface area contributed by atoms with Crippen molar-refractivity contribution >= 4 is 28.4 Å². The van der Waals surface area contributed by atoms with Crippen molar-refractivity contribution in [3.05, 3.63) is 58.9 Å². The molecular weight excluding hydrogens is 286 g/mol. The van der Waals surface area contributed by atoms with E-state index in [1.54, 1.807) is 30.3 Å². The van der Waals surface area contributed by atoms with E-state index in [0.717, 1.165) is 0 Å². The number of nitrogens with zero attached hydrogens (tertiary/aromatic N) is 1. The second-order valence-electron chi connectivity index (χ2n) is 3.76. The third-order valence-corrected chi connectivity index (χ3v) is 4.28. The van der Waals surface area contributed by atoms with Crippen LogP contribution >= 0.6 is 11.6 Å². The number of hydrogen-bond acceptors (Lipinski definition) is 3. The minimum Gasteiger partial charge on any atom is -0.478 e. The molecule has 1 unspecified atom stereocenters. The zero-order valence-corrected chi connectivity index (χ0v) is 11.3. The van der Waals surface area contributed by atoms with Gasteiger partial charge in [0.2, 0.25) is 0 Å². The van der Waals surface area contributed by atoms with E-state index in [0.29, 0.717) is 15.6 Å². The summed E-state index contributed by atoms with van der Waals surface area (Å²) in [5.74, 6) is -0.838. The minimum absolute atomic E-state index is 0.104. The molecule has 98 valence electrons. The summed E-state index contributed by atoms with van der Waals surface area (Å²) in [5.41, 5.74) is 0.663. The first-order valence-electron chi connectivity index (χ1n) is 5.39. The van der Waals surface area contributed by atoms with E-state index in [-0.39, 0.29) is 11.3 Å². The third-order valence-electron chi connectivity index (χ3n) is 2.43. The molecule has 1 aromatic heterocycles. The lowest BCUT2D eigenvalue weighted by atomic mass is 10.2. The van der Waals surface area contributed by atoms with E-state index in [1.165, 1.54) is 12.3 Å². The largest absolute Gasteiger partial charge is 0.478 e. The highest BCUT2D eigenvalue weighted by Gasteiger charge is 2.10. The molecule has 0 amide bonds. The summed E-state index contributed by atoms with van der Waals surface area (Å²) >= 11 is 5.96. The lowest BCUT2D eigenvalue weighted by Gasteiger charge is -2.04. The van der Waals surface area contributed by atoms with Crippen molar-refractivity contribution in [1.29, 1.82) is 0 Å². The van der Waals surface area contributed by atoms with Gasteiger partial charge in [-0.05, 0) is 24.3 Å². The van der Waals surface area contributed by atoms with Gasteiger partial charge >= 0.3 is 5.97 Å². The summed E-state index contributed by atoms with van der Waals surface area (Å²) in [6.45, 7) is 0. The van der Waals surface area contributed by atoms with Crippen molar-refractivity contribution in [1.82, 2.24) is 4.98 Å². The Labute approximate surface area is 117 Å². The van der Waals surface area contributed by atoms with Crippen molar-refractivity contribution in [2.24, 2.45) is 0 Å². The monoisotopic (exact) mass is 295 g/mol. The van der Waals surface area contributed by atoms with Gasteiger partial charge in [0.05, 0.1) is 37.7 Å². The molecule has 0 aliphatic carbocycles. The van der Waals surface area contributed by atoms with Crippen molar-refractivity contribution < 1.29 is 14.1 Å². The van der Waals surface area contributed by atoms with Gasteiger partial charge in [-0.1, -0.05) is 23.7 Å². The number of carboxylic acids is 1. The normalized spacial score (nSPS) is 12.1. The van der Waals surface area contributed by atoms with Crippen LogP contribution in [0, 0.1) is 0 Å². The lowest BCUT2D eigenvalue weighted by molar-refractivity contribution is 0.0696. The van der Waals surface area contributed by atoms with Gasteiger partial charge in [-0.3, -0.25) is 9.19 Å². The van der Waals surface area contributed by atoms with Crippen LogP contribution in [0.3, 0.4) is 0 Å². The summed E-state index contributed by atoms with van der Waals surface area (Å²) in [4.78, 5) is 15.2. The first-order valence-corrected chi connectivity index (χ1v) is 7.09. The summed E-state index contributed by atoms with van der Waals surface area (Å²) in [6, 6.07) is 9.90. The molecule has 4 nitrogen and oxygen atoms in total. The fourth-order valence-corrected chi connectivity index (χ4v) is 2.98. The number of halogens is 1. The third kappa shape index (κ3) is 3.39. The average molecular weight is 296 g/mol. The maximum Gasteiger partial charge on any atom is 0.337 e. The Kier molecular flexibility index (Phi) is 4.29. The summed E-state index contributed by atoms with van der Waals surface area (Å²) in [5, 5.41) is 9.20. The molecule has 1 N–H and O–H groups in total. The molecule has 1 heterocycles. The van der Waals surface area contributed by atoms with Crippen LogP contribution in [0.25, 0.3) is 0 Å². The Morgan fingerprint density at radius 1 is 1.26 bits per heavy atom. The maximum atomic E-state index is 12.1. The van der Waals surface area contributed by atoms with Gasteiger partial charge in [0.1, 0.15) is 0 Å². The molecule has 0 fully saturated rings. The fourth-order valence-electron chi connectivity index (χ4n) is 1.48. The van der Waals surface area contributed by atoms with Crippen molar-refractivity contribution in [3.8, 4) is 0 Å². The fraction of sp³-hybridized carbons (Fsp3) is 0.0769. The molecule has 0 aliphatic rings. The van der Waals surface area contributed by atoms with E-state index in [4.69, 9.17) is 16.7 Å². The second-order valence-corrected chi connectivity index (χ2v) is 5.59. The highest BCUT2D eigenvalue weighted by molar-refractivity contribution is 7.84. The van der Waals surface area contributed by atoms with Gasteiger partial charge in [0.15, 0.2) is 0 Å². The average Bonchev–Trinajstić information content (AvgIpc) is 2.39. The molecule has 0 saturated heterocycles.